The van der Waals surface area contributed by atoms with Crippen LogP contribution >= 0.6 is 0 Å². The van der Waals surface area contributed by atoms with E-state index in [0.29, 0.717) is 0 Å². The Kier molecular flexibility index (Phi) is 2.70. The number of anilines is 1. The molecule has 1 aliphatic rings. The van der Waals surface area contributed by atoms with E-state index in [9.17, 15) is 0 Å². The van der Waals surface area contributed by atoms with Crippen molar-refractivity contribution < 1.29 is 0 Å². The molecule has 2 N–H and O–H groups in total. The molecule has 0 unspecified atom stereocenters. The first-order valence-corrected chi connectivity index (χ1v) is 6.47. The molecule has 0 aliphatic carbocycles. The van der Waals surface area contributed by atoms with Gasteiger partial charge in [0, 0.05) is 11.7 Å². The van der Waals surface area contributed by atoms with Crippen LogP contribution in [0.15, 0.2) is 18.3 Å². The molecule has 18 heavy (non-hydrogen) atoms. The van der Waals surface area contributed by atoms with Crippen LogP contribution in [0.2, 0.25) is 0 Å². The third kappa shape index (κ3) is 2.06. The second-order valence-corrected chi connectivity index (χ2v) is 5.33. The van der Waals surface area contributed by atoms with Gasteiger partial charge < -0.3 is 10.6 Å². The Bertz CT molecular complexity index is 554. The molecule has 3 heterocycles. The number of rotatable bonds is 2. The van der Waals surface area contributed by atoms with Gasteiger partial charge in [0.15, 0.2) is 5.65 Å². The number of hydrogen-bond acceptors (Lipinski definition) is 4. The zero-order chi connectivity index (χ0) is 12.6. The molecule has 0 atom stereocenters. The second kappa shape index (κ2) is 4.24. The fraction of sp³-hybridized carbons (Fsp3) is 0.538. The molecule has 0 aromatic carbocycles. The minimum Gasteiger partial charge on any atom is -0.348 e. The van der Waals surface area contributed by atoms with E-state index in [-0.39, 0.29) is 5.54 Å². The number of pyridine rings is 1. The first kappa shape index (κ1) is 11.5. The maximum atomic E-state index is 4.57. The van der Waals surface area contributed by atoms with Gasteiger partial charge in [-0.25, -0.2) is 4.52 Å². The van der Waals surface area contributed by atoms with Crippen molar-refractivity contribution in [3.63, 3.8) is 0 Å². The van der Waals surface area contributed by atoms with Crippen molar-refractivity contribution >= 4 is 11.6 Å². The summed E-state index contributed by atoms with van der Waals surface area (Å²) in [6.45, 7) is 6.40. The van der Waals surface area contributed by atoms with Crippen molar-refractivity contribution in [2.75, 3.05) is 18.4 Å². The standard InChI is InChI=1S/C13H19N5/c1-10-4-3-9-18-11(10)15-12(17-18)16-13(2)5-7-14-8-6-13/h3-4,9,14H,5-8H2,1-2H3,(H,16,17). The number of aryl methyl sites for hydroxylation is 1. The van der Waals surface area contributed by atoms with E-state index >= 15 is 0 Å². The lowest BCUT2D eigenvalue weighted by atomic mass is 9.91. The molecule has 0 amide bonds. The van der Waals surface area contributed by atoms with Crippen LogP contribution in [-0.2, 0) is 0 Å². The van der Waals surface area contributed by atoms with Gasteiger partial charge >= 0.3 is 0 Å². The Labute approximate surface area is 107 Å². The van der Waals surface area contributed by atoms with Gasteiger partial charge in [-0.05, 0) is 51.4 Å². The smallest absolute Gasteiger partial charge is 0.243 e. The molecule has 0 radical (unpaired) electrons. The molecular formula is C13H19N5. The van der Waals surface area contributed by atoms with Crippen LogP contribution in [0, 0.1) is 6.92 Å². The van der Waals surface area contributed by atoms with Gasteiger partial charge in [0.25, 0.3) is 0 Å². The summed E-state index contributed by atoms with van der Waals surface area (Å²) < 4.78 is 1.84. The normalized spacial score (nSPS) is 19.0. The average Bonchev–Trinajstić information content (AvgIpc) is 2.73. The zero-order valence-electron chi connectivity index (χ0n) is 10.9. The predicted octanol–water partition coefficient (Wildman–Crippen LogP) is 1.59. The van der Waals surface area contributed by atoms with Gasteiger partial charge in [-0.3, -0.25) is 0 Å². The number of hydrogen-bond donors (Lipinski definition) is 2. The molecule has 96 valence electrons. The SMILES string of the molecule is Cc1cccn2nc(NC3(C)CCNCC3)nc12. The lowest BCUT2D eigenvalue weighted by molar-refractivity contribution is 0.363. The third-order valence-corrected chi connectivity index (χ3v) is 3.68. The van der Waals surface area contributed by atoms with Gasteiger partial charge in [-0.15, -0.1) is 5.10 Å². The van der Waals surface area contributed by atoms with Crippen LogP contribution in [0.1, 0.15) is 25.3 Å². The van der Waals surface area contributed by atoms with Crippen LogP contribution in [0.3, 0.4) is 0 Å². The molecule has 2 aromatic rings. The molecular weight excluding hydrogens is 226 g/mol. The van der Waals surface area contributed by atoms with Crippen LogP contribution in [0.25, 0.3) is 5.65 Å². The number of piperidine rings is 1. The van der Waals surface area contributed by atoms with Crippen molar-refractivity contribution in [1.29, 1.82) is 0 Å². The number of nitrogens with zero attached hydrogens (tertiary/aromatic N) is 3. The molecule has 1 aliphatic heterocycles. The van der Waals surface area contributed by atoms with Gasteiger partial charge in [0.05, 0.1) is 0 Å². The second-order valence-electron chi connectivity index (χ2n) is 5.33. The highest BCUT2D eigenvalue weighted by Crippen LogP contribution is 2.22. The van der Waals surface area contributed by atoms with Crippen molar-refractivity contribution in [3.8, 4) is 0 Å². The molecule has 5 heteroatoms. The summed E-state index contributed by atoms with van der Waals surface area (Å²) in [4.78, 5) is 4.57. The fourth-order valence-corrected chi connectivity index (χ4v) is 2.47. The van der Waals surface area contributed by atoms with E-state index in [1.165, 1.54) is 0 Å². The topological polar surface area (TPSA) is 54.2 Å². The summed E-state index contributed by atoms with van der Waals surface area (Å²) >= 11 is 0. The largest absolute Gasteiger partial charge is 0.348 e. The van der Waals surface area contributed by atoms with E-state index in [0.717, 1.165) is 43.1 Å². The highest BCUT2D eigenvalue weighted by Gasteiger charge is 2.27. The predicted molar refractivity (Wildman–Crippen MR) is 71.9 cm³/mol. The van der Waals surface area contributed by atoms with Crippen LogP contribution in [0.4, 0.5) is 5.95 Å². The monoisotopic (exact) mass is 245 g/mol. The van der Waals surface area contributed by atoms with E-state index in [4.69, 9.17) is 0 Å². The number of fused-ring (bicyclic) bond motifs is 1. The highest BCUT2D eigenvalue weighted by atomic mass is 15.4. The highest BCUT2D eigenvalue weighted by molar-refractivity contribution is 5.50. The Balaban J connectivity index is 1.88. The fourth-order valence-electron chi connectivity index (χ4n) is 2.47. The Morgan fingerprint density at radius 2 is 2.17 bits per heavy atom. The Morgan fingerprint density at radius 1 is 1.39 bits per heavy atom. The van der Waals surface area contributed by atoms with Crippen molar-refractivity contribution in [1.82, 2.24) is 19.9 Å². The quantitative estimate of drug-likeness (QED) is 0.843. The summed E-state index contributed by atoms with van der Waals surface area (Å²) in [6.07, 6.45) is 4.13. The molecule has 0 saturated carbocycles. The number of aromatic nitrogens is 3. The van der Waals surface area contributed by atoms with Gasteiger partial charge in [-0.2, -0.15) is 4.98 Å². The summed E-state index contributed by atoms with van der Waals surface area (Å²) in [5.74, 6) is 0.730. The van der Waals surface area contributed by atoms with E-state index in [1.54, 1.807) is 0 Å². The summed E-state index contributed by atoms with van der Waals surface area (Å²) in [5, 5.41) is 11.4. The first-order chi connectivity index (χ1) is 8.66. The van der Waals surface area contributed by atoms with Crippen molar-refractivity contribution in [2.45, 2.75) is 32.2 Å². The summed E-state index contributed by atoms with van der Waals surface area (Å²) in [6, 6.07) is 4.05. The summed E-state index contributed by atoms with van der Waals surface area (Å²) in [7, 11) is 0. The van der Waals surface area contributed by atoms with Crippen LogP contribution in [0.5, 0.6) is 0 Å². The van der Waals surface area contributed by atoms with E-state index in [2.05, 4.69) is 40.6 Å². The van der Waals surface area contributed by atoms with Gasteiger partial charge in [0.2, 0.25) is 5.95 Å². The minimum absolute atomic E-state index is 0.101. The molecule has 2 aromatic heterocycles. The van der Waals surface area contributed by atoms with E-state index < -0.39 is 0 Å². The average molecular weight is 245 g/mol. The van der Waals surface area contributed by atoms with Gasteiger partial charge in [-0.1, -0.05) is 6.07 Å². The molecule has 1 saturated heterocycles. The first-order valence-electron chi connectivity index (χ1n) is 6.47. The zero-order valence-corrected chi connectivity index (χ0v) is 10.9. The molecule has 0 spiro atoms. The summed E-state index contributed by atoms with van der Waals surface area (Å²) in [5.41, 5.74) is 2.18. The molecule has 0 bridgehead atoms. The Hall–Kier alpha value is -1.62. The molecule has 3 rings (SSSR count). The van der Waals surface area contributed by atoms with Crippen molar-refractivity contribution in [2.24, 2.45) is 0 Å². The lowest BCUT2D eigenvalue weighted by Crippen LogP contribution is -2.45. The van der Waals surface area contributed by atoms with Crippen molar-refractivity contribution in [3.05, 3.63) is 23.9 Å². The minimum atomic E-state index is 0.101. The van der Waals surface area contributed by atoms with Crippen LogP contribution in [-0.4, -0.2) is 33.2 Å². The lowest BCUT2D eigenvalue weighted by Gasteiger charge is -2.34. The van der Waals surface area contributed by atoms with E-state index in [1.807, 2.05) is 16.8 Å². The van der Waals surface area contributed by atoms with Gasteiger partial charge in [0.1, 0.15) is 0 Å². The molecule has 5 nitrogen and oxygen atoms in total. The maximum absolute atomic E-state index is 4.57. The van der Waals surface area contributed by atoms with Crippen LogP contribution < -0.4 is 10.6 Å². The number of nitrogens with one attached hydrogen (secondary N) is 2. The molecule has 1 fully saturated rings. The Morgan fingerprint density at radius 3 is 2.89 bits per heavy atom. The third-order valence-electron chi connectivity index (χ3n) is 3.68. The maximum Gasteiger partial charge on any atom is 0.243 e.